The summed E-state index contributed by atoms with van der Waals surface area (Å²) in [6.07, 6.45) is 0.515. The Bertz CT molecular complexity index is 277. The van der Waals surface area contributed by atoms with Crippen LogP contribution in [-0.4, -0.2) is 25.0 Å². The summed E-state index contributed by atoms with van der Waals surface area (Å²) >= 11 is 0. The Morgan fingerprint density at radius 3 is 2.00 bits per heavy atom. The van der Waals surface area contributed by atoms with Gasteiger partial charge in [0.2, 0.25) is 0 Å². The lowest BCUT2D eigenvalue weighted by atomic mass is 10.2. The Hall–Kier alpha value is -1.33. The Kier molecular flexibility index (Phi) is 7.31. The third-order valence-corrected chi connectivity index (χ3v) is 2.16. The van der Waals surface area contributed by atoms with E-state index in [4.69, 9.17) is 5.26 Å². The number of benzene rings is 1. The van der Waals surface area contributed by atoms with Crippen LogP contribution in [-0.2, 0) is 6.42 Å². The molecule has 1 rings (SSSR count). The number of nitriles is 1. The molecule has 0 unspecified atom stereocenters. The molecule has 0 saturated heterocycles. The third kappa shape index (κ3) is 7.72. The number of nitrogens with zero attached hydrogens (tertiary/aromatic N) is 2. The second-order valence-corrected chi connectivity index (χ2v) is 3.88. The maximum absolute atomic E-state index is 8.27. The zero-order chi connectivity index (χ0) is 11.7. The van der Waals surface area contributed by atoms with Gasteiger partial charge in [-0.05, 0) is 33.5 Å². The van der Waals surface area contributed by atoms with Gasteiger partial charge >= 0.3 is 0 Å². The summed E-state index contributed by atoms with van der Waals surface area (Å²) in [5.74, 6) is 0. The molecule has 0 aromatic heterocycles. The molecule has 2 nitrogen and oxygen atoms in total. The van der Waals surface area contributed by atoms with Gasteiger partial charge in [0.1, 0.15) is 0 Å². The molecule has 0 amide bonds. The van der Waals surface area contributed by atoms with Crippen LogP contribution >= 0.6 is 0 Å². The monoisotopic (exact) mass is 204 g/mol. The van der Waals surface area contributed by atoms with Crippen molar-refractivity contribution in [3.05, 3.63) is 35.9 Å². The van der Waals surface area contributed by atoms with Crippen molar-refractivity contribution in [3.8, 4) is 6.07 Å². The summed E-state index contributed by atoms with van der Waals surface area (Å²) in [5.41, 5.74) is 1.08. The molecule has 0 fully saturated rings. The Balaban J connectivity index is 0.000000288. The first kappa shape index (κ1) is 13.7. The second kappa shape index (κ2) is 8.02. The summed E-state index contributed by atoms with van der Waals surface area (Å²) in [4.78, 5) is 2.17. The first-order valence-corrected chi connectivity index (χ1v) is 5.15. The highest BCUT2D eigenvalue weighted by Crippen LogP contribution is 1.97. The lowest BCUT2D eigenvalue weighted by Crippen LogP contribution is -2.20. The van der Waals surface area contributed by atoms with Crippen molar-refractivity contribution in [2.45, 2.75) is 26.3 Å². The summed E-state index contributed by atoms with van der Waals surface area (Å²) in [6, 6.07) is 12.5. The normalized spacial score (nSPS) is 9.40. The molecule has 0 bridgehead atoms. The largest absolute Gasteiger partial charge is 0.307 e. The maximum Gasteiger partial charge on any atom is 0.0669 e. The molecule has 0 heterocycles. The van der Waals surface area contributed by atoms with Crippen LogP contribution in [0.5, 0.6) is 0 Å². The molecule has 0 aliphatic heterocycles. The smallest absolute Gasteiger partial charge is 0.0669 e. The fraction of sp³-hybridized carbons (Fsp3) is 0.462. The summed E-state index contributed by atoms with van der Waals surface area (Å²) in [6.45, 7) is 4.33. The maximum atomic E-state index is 8.27. The van der Waals surface area contributed by atoms with E-state index in [-0.39, 0.29) is 0 Å². The van der Waals surface area contributed by atoms with E-state index >= 15 is 0 Å². The quantitative estimate of drug-likeness (QED) is 0.740. The van der Waals surface area contributed by atoms with Crippen LogP contribution < -0.4 is 0 Å². The predicted molar refractivity (Wildman–Crippen MR) is 64.6 cm³/mol. The number of hydrogen-bond acceptors (Lipinski definition) is 2. The SMILES string of the molecule is CC(C)N(C)C.N#CCc1ccccc1. The molecule has 0 N–H and O–H groups in total. The zero-order valence-corrected chi connectivity index (χ0v) is 10.1. The van der Waals surface area contributed by atoms with Gasteiger partial charge in [-0.15, -0.1) is 0 Å². The molecule has 1 aromatic rings. The Morgan fingerprint density at radius 1 is 1.20 bits per heavy atom. The van der Waals surface area contributed by atoms with Crippen molar-refractivity contribution in [1.82, 2.24) is 4.90 Å². The molecule has 82 valence electrons. The summed E-state index contributed by atoms with van der Waals surface area (Å²) in [5, 5.41) is 8.27. The first-order valence-electron chi connectivity index (χ1n) is 5.15. The van der Waals surface area contributed by atoms with Crippen molar-refractivity contribution < 1.29 is 0 Å². The van der Waals surface area contributed by atoms with E-state index < -0.39 is 0 Å². The van der Waals surface area contributed by atoms with Gasteiger partial charge in [0.05, 0.1) is 12.5 Å². The van der Waals surface area contributed by atoms with Crippen LogP contribution in [0.4, 0.5) is 0 Å². The van der Waals surface area contributed by atoms with E-state index in [0.717, 1.165) is 5.56 Å². The second-order valence-electron chi connectivity index (χ2n) is 3.88. The van der Waals surface area contributed by atoms with Gasteiger partial charge in [-0.25, -0.2) is 0 Å². The van der Waals surface area contributed by atoms with E-state index in [0.29, 0.717) is 12.5 Å². The van der Waals surface area contributed by atoms with Crippen LogP contribution in [0.1, 0.15) is 19.4 Å². The average molecular weight is 204 g/mol. The topological polar surface area (TPSA) is 27.0 Å². The highest BCUT2D eigenvalue weighted by molar-refractivity contribution is 5.17. The van der Waals surface area contributed by atoms with Crippen LogP contribution in [0.2, 0.25) is 0 Å². The molecule has 1 aromatic carbocycles. The lowest BCUT2D eigenvalue weighted by molar-refractivity contribution is 0.335. The van der Waals surface area contributed by atoms with Crippen molar-refractivity contribution in [2.75, 3.05) is 14.1 Å². The lowest BCUT2D eigenvalue weighted by Gasteiger charge is -2.12. The van der Waals surface area contributed by atoms with E-state index in [9.17, 15) is 0 Å². The van der Waals surface area contributed by atoms with Gasteiger partial charge in [-0.2, -0.15) is 5.26 Å². The van der Waals surface area contributed by atoms with E-state index in [1.54, 1.807) is 0 Å². The molecular formula is C13H20N2. The molecule has 0 aliphatic rings. The van der Waals surface area contributed by atoms with Gasteiger partial charge in [0, 0.05) is 6.04 Å². The number of rotatable bonds is 2. The van der Waals surface area contributed by atoms with E-state index in [1.165, 1.54) is 0 Å². The van der Waals surface area contributed by atoms with Crippen LogP contribution in [0.25, 0.3) is 0 Å². The van der Waals surface area contributed by atoms with Crippen LogP contribution in [0, 0.1) is 11.3 Å². The van der Waals surface area contributed by atoms with Gasteiger partial charge in [-0.3, -0.25) is 0 Å². The summed E-state index contributed by atoms with van der Waals surface area (Å²) < 4.78 is 0. The average Bonchev–Trinajstić information content (AvgIpc) is 2.20. The fourth-order valence-corrected chi connectivity index (χ4v) is 0.687. The Labute approximate surface area is 93.1 Å². The molecule has 0 spiro atoms. The molecule has 0 saturated carbocycles. The van der Waals surface area contributed by atoms with Crippen molar-refractivity contribution >= 4 is 0 Å². The minimum absolute atomic E-state index is 0.515. The fourth-order valence-electron chi connectivity index (χ4n) is 0.687. The molecular weight excluding hydrogens is 184 g/mol. The standard InChI is InChI=1S/C8H7N.C5H13N/c9-7-6-8-4-2-1-3-5-8;1-5(2)6(3)4/h1-5H,6H2;5H,1-4H3. The van der Waals surface area contributed by atoms with Gasteiger partial charge in [0.15, 0.2) is 0 Å². The molecule has 2 heteroatoms. The molecule has 0 atom stereocenters. The van der Waals surface area contributed by atoms with Crippen molar-refractivity contribution in [3.63, 3.8) is 0 Å². The highest BCUT2D eigenvalue weighted by atomic mass is 15.1. The van der Waals surface area contributed by atoms with Gasteiger partial charge in [-0.1, -0.05) is 30.3 Å². The minimum Gasteiger partial charge on any atom is -0.307 e. The minimum atomic E-state index is 0.515. The van der Waals surface area contributed by atoms with Gasteiger partial charge in [0.25, 0.3) is 0 Å². The molecule has 0 radical (unpaired) electrons. The predicted octanol–water partition coefficient (Wildman–Crippen LogP) is 2.71. The zero-order valence-electron chi connectivity index (χ0n) is 10.1. The highest BCUT2D eigenvalue weighted by Gasteiger charge is 1.90. The van der Waals surface area contributed by atoms with Crippen LogP contribution in [0.3, 0.4) is 0 Å². The first-order chi connectivity index (χ1) is 7.07. The molecule has 0 aliphatic carbocycles. The van der Waals surface area contributed by atoms with E-state index in [2.05, 4.69) is 38.9 Å². The molecule has 15 heavy (non-hydrogen) atoms. The number of hydrogen-bond donors (Lipinski definition) is 0. The summed E-state index contributed by atoms with van der Waals surface area (Å²) in [7, 11) is 4.15. The van der Waals surface area contributed by atoms with Gasteiger partial charge < -0.3 is 4.90 Å². The van der Waals surface area contributed by atoms with Crippen LogP contribution in [0.15, 0.2) is 30.3 Å². The van der Waals surface area contributed by atoms with E-state index in [1.807, 2.05) is 30.3 Å². The van der Waals surface area contributed by atoms with Crippen molar-refractivity contribution in [1.29, 1.82) is 5.26 Å². The third-order valence-electron chi connectivity index (χ3n) is 2.16. The Morgan fingerprint density at radius 2 is 1.67 bits per heavy atom. The van der Waals surface area contributed by atoms with Crippen molar-refractivity contribution in [2.24, 2.45) is 0 Å².